The lowest BCUT2D eigenvalue weighted by Gasteiger charge is -2.29. The predicted octanol–water partition coefficient (Wildman–Crippen LogP) is -2.47. The first kappa shape index (κ1) is 109. The summed E-state index contributed by atoms with van der Waals surface area (Å²) < 4.78 is 0. The number of amides is 16. The molecule has 0 saturated heterocycles. The van der Waals surface area contributed by atoms with Crippen molar-refractivity contribution in [1.82, 2.24) is 89.3 Å². The Bertz CT molecular complexity index is 4490. The van der Waals surface area contributed by atoms with Crippen molar-refractivity contribution in [2.75, 3.05) is 39.3 Å². The van der Waals surface area contributed by atoms with Crippen LogP contribution in [0.15, 0.2) is 140 Å². The maximum Gasteiger partial charge on any atom is 0.243 e. The van der Waals surface area contributed by atoms with Gasteiger partial charge in [-0.15, -0.1) is 0 Å². The first-order valence-electron chi connectivity index (χ1n) is 44.7. The molecule has 29 N–H and O–H groups in total. The van der Waals surface area contributed by atoms with Crippen molar-refractivity contribution < 1.29 is 76.7 Å². The molecule has 2 aromatic heterocycles. The van der Waals surface area contributed by atoms with Crippen LogP contribution in [0, 0.1) is 17.2 Å². The average Bonchev–Trinajstić information content (AvgIpc) is 0.818. The largest absolute Gasteiger partial charge is 0.370 e. The van der Waals surface area contributed by atoms with E-state index in [9.17, 15) is 76.7 Å². The molecule has 0 aliphatic rings. The number of nitrogens with one attached hydrogen (secondary N) is 15. The molecule has 5 rings (SSSR count). The zero-order valence-corrected chi connectivity index (χ0v) is 75.9. The summed E-state index contributed by atoms with van der Waals surface area (Å²) >= 11 is 0. The molecule has 0 radical (unpaired) electrons. The van der Waals surface area contributed by atoms with E-state index in [4.69, 9.17) is 45.5 Å². The summed E-state index contributed by atoms with van der Waals surface area (Å²) in [5, 5.41) is 44.5. The highest BCUT2D eigenvalue weighted by molar-refractivity contribution is 6.00. The van der Waals surface area contributed by atoms with Gasteiger partial charge in [-0.3, -0.25) is 97.0 Å². The second-order valence-corrected chi connectivity index (χ2v) is 33.0. The standard InChI is InChI=1S/C91H135N25O16/c1-6-57(4)78(90(132)110-66(83(125)113-71(81(123)103-52-76(97)119)49-60-29-12-8-13-30-60)37-20-25-46-116(54-62-33-18-23-43-100-62)55-63-34-19-24-44-101-63)115-86(128)67(36-17-22-42-93)107-85(127)69(39-40-74(95)117)106-77(120)53-104-79(121)58(5)105-82(124)65(35-16-21-41-92)108-87(129)70(47-56(2)3)112-84(126)68(38-26-45-102-91(98)99)109-88(130)72(50-61-31-14-9-15-32-61)114-89(131)73(51-75(96)118)111-80(122)64(94)48-59-27-10-7-11-28-59/h7-15,18-19,23-24,27-34,43-44,56-58,64-73,78H,6,16-17,20-22,25-26,35-42,45-55,92-94H2,1-5H3,(H2,95,117)(H2,96,118)(H2,97,119)(H,103,123)(H,104,121)(H,105,124)(H,106,120)(H,107,127)(H,108,129)(H,109,130)(H,110,132)(H,111,122)(H,112,126)(H,113,125)(H,114,131)(H,115,128)(H4,98,99,102)/t57-,58-,64-,65-,66-,67-,68-,69-,70-,71-,72-,73-,78-/m0/s1. The van der Waals surface area contributed by atoms with Crippen molar-refractivity contribution in [3.05, 3.63) is 168 Å². The minimum atomic E-state index is -1.61. The average molecular weight is 1840 g/mol. The molecule has 0 fully saturated rings. The number of guanidine groups is 1. The second kappa shape index (κ2) is 59.7. The van der Waals surface area contributed by atoms with Gasteiger partial charge in [0, 0.05) is 51.3 Å². The smallest absolute Gasteiger partial charge is 0.243 e. The van der Waals surface area contributed by atoms with Gasteiger partial charge in [0.1, 0.15) is 66.5 Å². The van der Waals surface area contributed by atoms with Crippen LogP contribution in [0.5, 0.6) is 0 Å². The first-order chi connectivity index (χ1) is 63.1. The van der Waals surface area contributed by atoms with Gasteiger partial charge in [-0.25, -0.2) is 0 Å². The molecule has 0 aliphatic heterocycles. The molecule has 720 valence electrons. The summed E-state index contributed by atoms with van der Waals surface area (Å²) in [6, 6.07) is 20.2. The van der Waals surface area contributed by atoms with Crippen LogP contribution >= 0.6 is 0 Å². The molecule has 0 unspecified atom stereocenters. The Morgan fingerprint density at radius 2 is 0.780 bits per heavy atom. The quantitative estimate of drug-likeness (QED) is 0.0109. The maximum absolute atomic E-state index is 15.0. The normalized spacial score (nSPS) is 14.0. The van der Waals surface area contributed by atoms with Gasteiger partial charge in [0.05, 0.1) is 36.9 Å². The Balaban J connectivity index is 1.32. The number of carbonyl (C=O) groups is 16. The van der Waals surface area contributed by atoms with Crippen molar-refractivity contribution in [3.8, 4) is 0 Å². The lowest BCUT2D eigenvalue weighted by atomic mass is 9.96. The van der Waals surface area contributed by atoms with Crippen LogP contribution in [0.1, 0.15) is 165 Å². The molecule has 132 heavy (non-hydrogen) atoms. The Hall–Kier alpha value is -13.4. The fourth-order valence-corrected chi connectivity index (χ4v) is 14.0. The molecule has 0 aliphatic carbocycles. The zero-order chi connectivity index (χ0) is 97.0. The number of primary amides is 3. The van der Waals surface area contributed by atoms with Gasteiger partial charge in [0.2, 0.25) is 94.5 Å². The molecule has 5 aromatic rings. The zero-order valence-electron chi connectivity index (χ0n) is 75.9. The van der Waals surface area contributed by atoms with Crippen LogP contribution in [0.2, 0.25) is 0 Å². The molecule has 16 amide bonds. The second-order valence-electron chi connectivity index (χ2n) is 33.0. The van der Waals surface area contributed by atoms with E-state index in [1.54, 1.807) is 131 Å². The molecular weight excluding hydrogens is 1700 g/mol. The summed E-state index contributed by atoms with van der Waals surface area (Å²) in [7, 11) is 0. The lowest BCUT2D eigenvalue weighted by Crippen LogP contribution is -2.60. The van der Waals surface area contributed by atoms with Crippen molar-refractivity contribution >= 4 is 100 Å². The summed E-state index contributed by atoms with van der Waals surface area (Å²) in [6.45, 7) is 8.71. The number of hydrogen-bond donors (Lipinski definition) is 22. The number of aromatic nitrogens is 2. The summed E-state index contributed by atoms with van der Waals surface area (Å²) in [5.74, 6) is -15.4. The fourth-order valence-electron chi connectivity index (χ4n) is 14.0. The van der Waals surface area contributed by atoms with Crippen molar-refractivity contribution in [1.29, 1.82) is 5.41 Å². The monoisotopic (exact) mass is 1830 g/mol. The van der Waals surface area contributed by atoms with Gasteiger partial charge in [0.15, 0.2) is 5.96 Å². The first-order valence-corrected chi connectivity index (χ1v) is 44.7. The minimum absolute atomic E-state index is 0.0262. The van der Waals surface area contributed by atoms with Crippen LogP contribution in [-0.2, 0) is 109 Å². The minimum Gasteiger partial charge on any atom is -0.370 e. The van der Waals surface area contributed by atoms with E-state index in [0.29, 0.717) is 68.4 Å². The molecule has 2 heterocycles. The van der Waals surface area contributed by atoms with E-state index in [1.165, 1.54) is 6.92 Å². The molecule has 41 nitrogen and oxygen atoms in total. The van der Waals surface area contributed by atoms with Gasteiger partial charge in [-0.2, -0.15) is 0 Å². The van der Waals surface area contributed by atoms with Crippen LogP contribution in [0.3, 0.4) is 0 Å². The number of pyridine rings is 2. The Kier molecular flexibility index (Phi) is 49.4. The van der Waals surface area contributed by atoms with Gasteiger partial charge in [0.25, 0.3) is 0 Å². The highest BCUT2D eigenvalue weighted by atomic mass is 16.2. The number of unbranched alkanes of at least 4 members (excludes halogenated alkanes) is 3. The van der Waals surface area contributed by atoms with E-state index in [-0.39, 0.29) is 96.2 Å². The fraction of sp³-hybridized carbons (Fsp3) is 0.505. The van der Waals surface area contributed by atoms with E-state index in [2.05, 4.69) is 89.3 Å². The van der Waals surface area contributed by atoms with E-state index in [1.807, 2.05) is 36.4 Å². The number of rotatable bonds is 63. The molecule has 0 spiro atoms. The Labute approximate surface area is 769 Å². The van der Waals surface area contributed by atoms with Crippen LogP contribution in [0.25, 0.3) is 0 Å². The van der Waals surface area contributed by atoms with Crippen LogP contribution in [0.4, 0.5) is 0 Å². The predicted molar refractivity (Wildman–Crippen MR) is 493 cm³/mol. The molecule has 3 aromatic carbocycles. The number of nitrogens with zero attached hydrogens (tertiary/aromatic N) is 3. The SMILES string of the molecule is CC[C@H](C)[C@H](NC(=O)[C@H](CCCCN)NC(=O)[C@H](CCC(N)=O)NC(=O)CNC(=O)[C@H](C)NC(=O)[C@H](CCCCN)NC(=O)[C@H](CC(C)C)NC(=O)[C@H](CCCNC(=N)N)NC(=O)[C@H](Cc1ccccc1)NC(=O)[C@H](CC(N)=O)NC(=O)[C@@H](N)Cc1ccccc1)C(=O)N[C@@H](CCCCN(Cc1ccccn1)Cc1ccccn1)C(=O)N[C@@H](Cc1ccccc1)C(=O)NCC(N)=O. The van der Waals surface area contributed by atoms with Crippen molar-refractivity contribution in [2.24, 2.45) is 52.0 Å². The van der Waals surface area contributed by atoms with Gasteiger partial charge < -0.3 is 115 Å². The third-order valence-electron chi connectivity index (χ3n) is 21.4. The number of carbonyl (C=O) groups excluding carboxylic acids is 16. The summed E-state index contributed by atoms with van der Waals surface area (Å²) in [5.41, 5.74) is 43.6. The topological polar surface area (TPSA) is 677 Å². The maximum atomic E-state index is 15.0. The third kappa shape index (κ3) is 42.4. The number of benzene rings is 3. The molecule has 13 atom stereocenters. The third-order valence-corrected chi connectivity index (χ3v) is 21.4. The lowest BCUT2D eigenvalue weighted by molar-refractivity contribution is -0.136. The van der Waals surface area contributed by atoms with Gasteiger partial charge in [-0.05, 0) is 169 Å². The van der Waals surface area contributed by atoms with Crippen molar-refractivity contribution in [2.45, 2.75) is 242 Å². The Morgan fingerprint density at radius 1 is 0.379 bits per heavy atom. The molecule has 41 heteroatoms. The molecular formula is C91H135N25O16. The summed E-state index contributed by atoms with van der Waals surface area (Å²) in [4.78, 5) is 234. The van der Waals surface area contributed by atoms with Crippen LogP contribution < -0.4 is 115 Å². The number of nitrogens with two attached hydrogens (primary N) is 7. The van der Waals surface area contributed by atoms with Crippen molar-refractivity contribution in [3.63, 3.8) is 0 Å². The summed E-state index contributed by atoms with van der Waals surface area (Å²) in [6.07, 6.45) is 3.93. The highest BCUT2D eigenvalue weighted by Crippen LogP contribution is 2.18. The van der Waals surface area contributed by atoms with Gasteiger partial charge >= 0.3 is 0 Å². The highest BCUT2D eigenvalue weighted by Gasteiger charge is 2.38. The van der Waals surface area contributed by atoms with Gasteiger partial charge in [-0.1, -0.05) is 137 Å². The van der Waals surface area contributed by atoms with E-state index < -0.39 is 211 Å². The molecule has 0 bridgehead atoms. The Morgan fingerprint density at radius 3 is 1.23 bits per heavy atom. The van der Waals surface area contributed by atoms with E-state index >= 15 is 0 Å². The number of hydrogen-bond acceptors (Lipinski definition) is 23. The van der Waals surface area contributed by atoms with E-state index in [0.717, 1.165) is 11.4 Å². The van der Waals surface area contributed by atoms with Crippen LogP contribution in [-0.4, -0.2) is 227 Å². The molecule has 0 saturated carbocycles.